The average molecular weight is 556 g/mol. The minimum absolute atomic E-state index is 0.00888. The molecular weight excluding hydrogens is 522 g/mol. The molecule has 198 valence electrons. The van der Waals surface area contributed by atoms with Gasteiger partial charge in [-0.05, 0) is 60.3 Å². The number of carbonyl (C=O) groups is 1. The summed E-state index contributed by atoms with van der Waals surface area (Å²) in [6.07, 6.45) is 4.93. The summed E-state index contributed by atoms with van der Waals surface area (Å²) in [5, 5.41) is 16.3. The van der Waals surface area contributed by atoms with Gasteiger partial charge in [-0.25, -0.2) is 8.42 Å². The van der Waals surface area contributed by atoms with Gasteiger partial charge in [-0.15, -0.1) is 15.7 Å². The number of carbonyl (C=O) groups excluding carboxylic acids is 1. The van der Waals surface area contributed by atoms with E-state index in [0.29, 0.717) is 18.0 Å². The number of aliphatic hydroxyl groups excluding tert-OH is 1. The summed E-state index contributed by atoms with van der Waals surface area (Å²) in [4.78, 5) is 15.6. The van der Waals surface area contributed by atoms with E-state index in [4.69, 9.17) is 0 Å². The molecule has 9 nitrogen and oxygen atoms in total. The lowest BCUT2D eigenvalue weighted by atomic mass is 9.77. The summed E-state index contributed by atoms with van der Waals surface area (Å²) < 4.78 is 53.7. The minimum Gasteiger partial charge on any atom is -0.511 e. The summed E-state index contributed by atoms with van der Waals surface area (Å²) in [5.41, 5.74) is 0.330. The molecule has 5 rings (SSSR count). The van der Waals surface area contributed by atoms with Gasteiger partial charge in [-0.1, -0.05) is 20.8 Å². The SMILES string of the molecule is CC(C)(C)CCN1C(=O)C(C2=NS(=O)(=O)c3c(CCS(C)(=O)=O)csc3N2)=C(O)C2C3CCC(C3)C21. The maximum atomic E-state index is 13.8. The molecule has 4 unspecified atom stereocenters. The number of hydrogen-bond donors (Lipinski definition) is 2. The van der Waals surface area contributed by atoms with Crippen LogP contribution in [0.25, 0.3) is 0 Å². The van der Waals surface area contributed by atoms with Gasteiger partial charge in [0.1, 0.15) is 31.1 Å². The fourth-order valence-corrected chi connectivity index (χ4v) is 9.46. The zero-order valence-electron chi connectivity index (χ0n) is 20.9. The molecule has 2 fully saturated rings. The van der Waals surface area contributed by atoms with Gasteiger partial charge in [0.25, 0.3) is 15.9 Å². The third kappa shape index (κ3) is 4.49. The predicted octanol–water partition coefficient (Wildman–Crippen LogP) is 3.35. The van der Waals surface area contributed by atoms with Crippen molar-refractivity contribution in [3.63, 3.8) is 0 Å². The topological polar surface area (TPSA) is 133 Å². The molecular formula is C24H33N3O6S3. The van der Waals surface area contributed by atoms with Crippen molar-refractivity contribution in [2.75, 3.05) is 23.9 Å². The number of rotatable bonds is 6. The summed E-state index contributed by atoms with van der Waals surface area (Å²) in [6, 6.07) is -0.0666. The molecule has 2 saturated carbocycles. The number of aryl methyl sites for hydroxylation is 1. The summed E-state index contributed by atoms with van der Waals surface area (Å²) >= 11 is 1.13. The van der Waals surface area contributed by atoms with Crippen LogP contribution in [0, 0.1) is 23.2 Å². The average Bonchev–Trinajstić information content (AvgIpc) is 3.45. The summed E-state index contributed by atoms with van der Waals surface area (Å²) in [5.74, 6) is -0.365. The number of nitrogens with one attached hydrogen (secondary N) is 1. The van der Waals surface area contributed by atoms with Crippen molar-refractivity contribution < 1.29 is 26.7 Å². The van der Waals surface area contributed by atoms with Gasteiger partial charge < -0.3 is 15.3 Å². The standard InChI is InChI=1S/C24H33N3O6S3/c1-24(2,3)8-9-27-18-14-6-5-13(11-14)16(18)19(28)17(23(27)29)21-25-22-20(36(32,33)26-21)15(12-34-22)7-10-35(4,30)31/h12-14,16,18,28H,5-11H2,1-4H3,(H,25,26). The molecule has 36 heavy (non-hydrogen) atoms. The molecule has 4 atom stereocenters. The highest BCUT2D eigenvalue weighted by atomic mass is 32.2. The smallest absolute Gasteiger partial charge is 0.287 e. The highest BCUT2D eigenvalue weighted by Crippen LogP contribution is 2.55. The largest absolute Gasteiger partial charge is 0.511 e. The predicted molar refractivity (Wildman–Crippen MR) is 140 cm³/mol. The highest BCUT2D eigenvalue weighted by molar-refractivity contribution is 7.91. The molecule has 0 radical (unpaired) electrons. The van der Waals surface area contributed by atoms with E-state index in [2.05, 4.69) is 30.5 Å². The first-order valence-electron chi connectivity index (χ1n) is 12.3. The van der Waals surface area contributed by atoms with E-state index in [1.165, 1.54) is 0 Å². The zero-order valence-corrected chi connectivity index (χ0v) is 23.4. The number of amides is 1. The van der Waals surface area contributed by atoms with E-state index in [-0.39, 0.29) is 68.4 Å². The third-order valence-corrected chi connectivity index (χ3v) is 11.3. The van der Waals surface area contributed by atoms with Crippen LogP contribution in [0.2, 0.25) is 0 Å². The normalized spacial score (nSPS) is 29.2. The second-order valence-electron chi connectivity index (χ2n) is 11.8. The Morgan fingerprint density at radius 1 is 1.25 bits per heavy atom. The molecule has 12 heteroatoms. The van der Waals surface area contributed by atoms with Crippen molar-refractivity contribution in [3.05, 3.63) is 22.3 Å². The lowest BCUT2D eigenvalue weighted by Crippen LogP contribution is -2.54. The Balaban J connectivity index is 1.53. The molecule has 4 aliphatic rings. The Morgan fingerprint density at radius 2 is 1.94 bits per heavy atom. The molecule has 2 aliphatic heterocycles. The fraction of sp³-hybridized carbons (Fsp3) is 0.667. The first-order chi connectivity index (χ1) is 16.7. The van der Waals surface area contributed by atoms with E-state index in [1.807, 2.05) is 4.90 Å². The van der Waals surface area contributed by atoms with E-state index >= 15 is 0 Å². The third-order valence-electron chi connectivity index (χ3n) is 7.88. The van der Waals surface area contributed by atoms with Gasteiger partial charge in [0.05, 0.1) is 5.75 Å². The van der Waals surface area contributed by atoms with Crippen LogP contribution < -0.4 is 5.32 Å². The first-order valence-corrected chi connectivity index (χ1v) is 16.7. The van der Waals surface area contributed by atoms with Crippen molar-refractivity contribution >= 4 is 47.9 Å². The number of anilines is 1. The Hall–Kier alpha value is -1.92. The van der Waals surface area contributed by atoms with Crippen molar-refractivity contribution in [1.29, 1.82) is 0 Å². The van der Waals surface area contributed by atoms with Gasteiger partial charge in [0.15, 0.2) is 5.84 Å². The molecule has 0 aromatic carbocycles. The molecule has 0 spiro atoms. The lowest BCUT2D eigenvalue weighted by Gasteiger charge is -2.44. The van der Waals surface area contributed by atoms with Crippen LogP contribution in [-0.2, 0) is 31.1 Å². The Labute approximate surface area is 216 Å². The van der Waals surface area contributed by atoms with Crippen LogP contribution in [0.15, 0.2) is 26.0 Å². The van der Waals surface area contributed by atoms with Crippen LogP contribution in [0.5, 0.6) is 0 Å². The van der Waals surface area contributed by atoms with E-state index in [0.717, 1.165) is 43.3 Å². The number of sulfonamides is 1. The number of fused-ring (bicyclic) bond motifs is 6. The molecule has 2 N–H and O–H groups in total. The van der Waals surface area contributed by atoms with Gasteiger partial charge in [-0.3, -0.25) is 4.79 Å². The second kappa shape index (κ2) is 8.56. The highest BCUT2D eigenvalue weighted by Gasteiger charge is 2.57. The van der Waals surface area contributed by atoms with Gasteiger partial charge in [0, 0.05) is 24.8 Å². The number of amidine groups is 1. The Bertz CT molecular complexity index is 1380. The van der Waals surface area contributed by atoms with Crippen molar-refractivity contribution in [3.8, 4) is 0 Å². The van der Waals surface area contributed by atoms with Crippen LogP contribution in [0.3, 0.4) is 0 Å². The van der Waals surface area contributed by atoms with Crippen molar-refractivity contribution in [1.82, 2.24) is 4.90 Å². The fourth-order valence-electron chi connectivity index (χ4n) is 6.20. The second-order valence-corrected chi connectivity index (χ2v) is 16.4. The van der Waals surface area contributed by atoms with E-state index in [9.17, 15) is 26.7 Å². The molecule has 3 heterocycles. The van der Waals surface area contributed by atoms with Crippen LogP contribution >= 0.6 is 11.3 Å². The zero-order chi connectivity index (χ0) is 26.2. The molecule has 1 aromatic heterocycles. The number of aliphatic hydroxyl groups is 1. The summed E-state index contributed by atoms with van der Waals surface area (Å²) in [7, 11) is -7.48. The van der Waals surface area contributed by atoms with Crippen LogP contribution in [-0.4, -0.2) is 63.2 Å². The number of sulfone groups is 1. The maximum absolute atomic E-state index is 13.8. The molecule has 1 aromatic rings. The molecule has 1 amide bonds. The number of nitrogens with zero attached hydrogens (tertiary/aromatic N) is 2. The van der Waals surface area contributed by atoms with Gasteiger partial charge in [0.2, 0.25) is 0 Å². The molecule has 0 saturated heterocycles. The van der Waals surface area contributed by atoms with Crippen molar-refractivity contribution in [2.45, 2.75) is 63.8 Å². The minimum atomic E-state index is -4.20. The summed E-state index contributed by atoms with van der Waals surface area (Å²) in [6.45, 7) is 6.89. The van der Waals surface area contributed by atoms with Crippen LogP contribution in [0.4, 0.5) is 5.00 Å². The van der Waals surface area contributed by atoms with Gasteiger partial charge in [-0.2, -0.15) is 8.42 Å². The van der Waals surface area contributed by atoms with Crippen molar-refractivity contribution in [2.24, 2.45) is 27.6 Å². The Kier molecular flexibility index (Phi) is 6.11. The van der Waals surface area contributed by atoms with Crippen LogP contribution in [0.1, 0.15) is 52.0 Å². The lowest BCUT2D eigenvalue weighted by molar-refractivity contribution is -0.133. The molecule has 2 bridgehead atoms. The first kappa shape index (κ1) is 25.7. The van der Waals surface area contributed by atoms with Gasteiger partial charge >= 0.3 is 0 Å². The molecule has 2 aliphatic carbocycles. The van der Waals surface area contributed by atoms with E-state index < -0.39 is 19.9 Å². The quantitative estimate of drug-likeness (QED) is 0.550. The maximum Gasteiger partial charge on any atom is 0.287 e. The Morgan fingerprint density at radius 3 is 2.61 bits per heavy atom. The monoisotopic (exact) mass is 555 g/mol. The number of thiophene rings is 1. The van der Waals surface area contributed by atoms with E-state index in [1.54, 1.807) is 5.38 Å². The number of hydrogen-bond acceptors (Lipinski definition) is 8.